The van der Waals surface area contributed by atoms with E-state index >= 15 is 0 Å². The van der Waals surface area contributed by atoms with Crippen molar-refractivity contribution in [3.8, 4) is 6.07 Å². The van der Waals surface area contributed by atoms with E-state index in [0.29, 0.717) is 12.1 Å². The maximum absolute atomic E-state index is 13.5. The SMILES string of the molecule is N#Cc1ccc(N2CCCCCN2Cc2ccccc2C(F)(F)F)c2ccccc12. The second-order valence-corrected chi connectivity index (χ2v) is 7.52. The Labute approximate surface area is 173 Å². The van der Waals surface area contributed by atoms with Crippen molar-refractivity contribution in [1.82, 2.24) is 5.01 Å². The fourth-order valence-corrected chi connectivity index (χ4v) is 4.17. The van der Waals surface area contributed by atoms with Gasteiger partial charge in [0.1, 0.15) is 0 Å². The molecule has 1 saturated heterocycles. The van der Waals surface area contributed by atoms with Gasteiger partial charge in [-0.05, 0) is 36.6 Å². The predicted molar refractivity (Wildman–Crippen MR) is 112 cm³/mol. The van der Waals surface area contributed by atoms with E-state index in [1.54, 1.807) is 18.2 Å². The molecule has 0 radical (unpaired) electrons. The minimum Gasteiger partial charge on any atom is -0.305 e. The summed E-state index contributed by atoms with van der Waals surface area (Å²) >= 11 is 0. The first-order chi connectivity index (χ1) is 14.5. The van der Waals surface area contributed by atoms with Crippen molar-refractivity contribution in [2.45, 2.75) is 32.0 Å². The van der Waals surface area contributed by atoms with E-state index in [2.05, 4.69) is 11.1 Å². The molecule has 0 aromatic heterocycles. The number of nitrogens with zero attached hydrogens (tertiary/aromatic N) is 3. The van der Waals surface area contributed by atoms with E-state index in [-0.39, 0.29) is 12.1 Å². The fourth-order valence-electron chi connectivity index (χ4n) is 4.17. The molecular weight excluding hydrogens is 387 g/mol. The second kappa shape index (κ2) is 8.37. The summed E-state index contributed by atoms with van der Waals surface area (Å²) in [4.78, 5) is 0. The molecule has 0 saturated carbocycles. The number of anilines is 1. The lowest BCUT2D eigenvalue weighted by Crippen LogP contribution is -2.42. The van der Waals surface area contributed by atoms with Gasteiger partial charge >= 0.3 is 6.18 Å². The standard InChI is InChI=1S/C24H22F3N3/c25-24(26,27)22-11-5-2-8-19(22)17-29-14-6-1-7-15-30(29)23-13-12-18(16-28)20-9-3-4-10-21(20)23/h2-5,8-13H,1,6-7,14-15,17H2. The summed E-state index contributed by atoms with van der Waals surface area (Å²) in [5.41, 5.74) is 1.21. The molecule has 1 aliphatic heterocycles. The van der Waals surface area contributed by atoms with E-state index in [4.69, 9.17) is 0 Å². The number of benzene rings is 3. The first-order valence-corrected chi connectivity index (χ1v) is 10.1. The Morgan fingerprint density at radius 3 is 2.30 bits per heavy atom. The molecule has 154 valence electrons. The van der Waals surface area contributed by atoms with Gasteiger partial charge in [-0.15, -0.1) is 0 Å². The van der Waals surface area contributed by atoms with E-state index in [9.17, 15) is 18.4 Å². The van der Waals surface area contributed by atoms with Crippen LogP contribution in [0, 0.1) is 11.3 Å². The molecule has 0 amide bonds. The lowest BCUT2D eigenvalue weighted by Gasteiger charge is -2.36. The summed E-state index contributed by atoms with van der Waals surface area (Å²) in [5, 5.41) is 15.4. The zero-order valence-electron chi connectivity index (χ0n) is 16.5. The topological polar surface area (TPSA) is 30.3 Å². The third kappa shape index (κ3) is 3.99. The molecule has 3 aromatic rings. The Balaban J connectivity index is 1.77. The first-order valence-electron chi connectivity index (χ1n) is 10.1. The van der Waals surface area contributed by atoms with Crippen LogP contribution >= 0.6 is 0 Å². The van der Waals surface area contributed by atoms with Crippen LogP contribution in [0.2, 0.25) is 0 Å². The minimum absolute atomic E-state index is 0.185. The predicted octanol–water partition coefficient (Wildman–Crippen LogP) is 6.14. The molecule has 3 nitrogen and oxygen atoms in total. The number of hydrogen-bond donors (Lipinski definition) is 0. The largest absolute Gasteiger partial charge is 0.416 e. The van der Waals surface area contributed by atoms with Crippen LogP contribution in [0.4, 0.5) is 18.9 Å². The molecule has 0 spiro atoms. The smallest absolute Gasteiger partial charge is 0.305 e. The number of alkyl halides is 3. The third-order valence-corrected chi connectivity index (χ3v) is 5.60. The molecule has 0 bridgehead atoms. The average Bonchev–Trinajstić information content (AvgIpc) is 2.98. The van der Waals surface area contributed by atoms with Crippen LogP contribution in [0.5, 0.6) is 0 Å². The molecule has 3 aromatic carbocycles. The van der Waals surface area contributed by atoms with Gasteiger partial charge in [-0.3, -0.25) is 0 Å². The van der Waals surface area contributed by atoms with E-state index in [0.717, 1.165) is 48.3 Å². The van der Waals surface area contributed by atoms with Gasteiger partial charge in [0.05, 0.1) is 22.9 Å². The van der Waals surface area contributed by atoms with E-state index in [1.165, 1.54) is 6.07 Å². The van der Waals surface area contributed by atoms with E-state index < -0.39 is 11.7 Å². The number of nitriles is 1. The quantitative estimate of drug-likeness (QED) is 0.521. The van der Waals surface area contributed by atoms with Gasteiger partial charge in [-0.1, -0.05) is 48.9 Å². The zero-order chi connectivity index (χ0) is 21.1. The summed E-state index contributed by atoms with van der Waals surface area (Å²) < 4.78 is 40.6. The number of hydrogen-bond acceptors (Lipinski definition) is 3. The summed E-state index contributed by atoms with van der Waals surface area (Å²) in [5.74, 6) is 0. The van der Waals surface area contributed by atoms with Gasteiger partial charge in [0.25, 0.3) is 0 Å². The highest BCUT2D eigenvalue weighted by Gasteiger charge is 2.34. The maximum Gasteiger partial charge on any atom is 0.416 e. The molecule has 0 N–H and O–H groups in total. The molecule has 1 heterocycles. The van der Waals surface area contributed by atoms with Crippen molar-refractivity contribution in [2.24, 2.45) is 0 Å². The monoisotopic (exact) mass is 409 g/mol. The molecule has 30 heavy (non-hydrogen) atoms. The highest BCUT2D eigenvalue weighted by atomic mass is 19.4. The third-order valence-electron chi connectivity index (χ3n) is 5.60. The lowest BCUT2D eigenvalue weighted by molar-refractivity contribution is -0.138. The molecule has 6 heteroatoms. The maximum atomic E-state index is 13.5. The lowest BCUT2D eigenvalue weighted by atomic mass is 10.0. The number of fused-ring (bicyclic) bond motifs is 1. The zero-order valence-corrected chi connectivity index (χ0v) is 16.5. The Morgan fingerprint density at radius 2 is 1.53 bits per heavy atom. The molecule has 0 unspecified atom stereocenters. The van der Waals surface area contributed by atoms with Crippen LogP contribution in [0.15, 0.2) is 60.7 Å². The second-order valence-electron chi connectivity index (χ2n) is 7.52. The molecule has 0 aliphatic carbocycles. The summed E-state index contributed by atoms with van der Waals surface area (Å²) in [6.45, 7) is 1.59. The molecular formula is C24H22F3N3. The van der Waals surface area contributed by atoms with Crippen LogP contribution in [-0.2, 0) is 12.7 Å². The van der Waals surface area contributed by atoms with Crippen molar-refractivity contribution >= 4 is 16.5 Å². The first kappa shape index (κ1) is 20.2. The number of rotatable bonds is 3. The summed E-state index contributed by atoms with van der Waals surface area (Å²) in [6, 6.07) is 19.4. The van der Waals surface area contributed by atoms with Crippen LogP contribution in [0.1, 0.15) is 36.0 Å². The Kier molecular flexibility index (Phi) is 5.65. The van der Waals surface area contributed by atoms with Crippen molar-refractivity contribution < 1.29 is 13.2 Å². The summed E-state index contributed by atoms with van der Waals surface area (Å²) in [6.07, 6.45) is -1.46. The average molecular weight is 409 g/mol. The van der Waals surface area contributed by atoms with Crippen LogP contribution < -0.4 is 5.01 Å². The Bertz CT molecular complexity index is 1080. The van der Waals surface area contributed by atoms with Crippen LogP contribution in [0.25, 0.3) is 10.8 Å². The molecule has 4 rings (SSSR count). The van der Waals surface area contributed by atoms with Crippen molar-refractivity contribution in [3.05, 3.63) is 77.4 Å². The number of halogens is 3. The molecule has 1 aliphatic rings. The van der Waals surface area contributed by atoms with Crippen LogP contribution in [-0.4, -0.2) is 18.1 Å². The van der Waals surface area contributed by atoms with Gasteiger partial charge in [0.15, 0.2) is 0 Å². The van der Waals surface area contributed by atoms with Crippen molar-refractivity contribution in [2.75, 3.05) is 18.1 Å². The Morgan fingerprint density at radius 1 is 0.833 bits per heavy atom. The van der Waals surface area contributed by atoms with Gasteiger partial charge < -0.3 is 5.01 Å². The Hall–Kier alpha value is -3.04. The van der Waals surface area contributed by atoms with Gasteiger partial charge in [-0.2, -0.15) is 18.4 Å². The summed E-state index contributed by atoms with van der Waals surface area (Å²) in [7, 11) is 0. The number of hydrazine groups is 1. The van der Waals surface area contributed by atoms with Gasteiger partial charge in [0.2, 0.25) is 0 Å². The van der Waals surface area contributed by atoms with Crippen molar-refractivity contribution in [1.29, 1.82) is 5.26 Å². The van der Waals surface area contributed by atoms with Crippen molar-refractivity contribution in [3.63, 3.8) is 0 Å². The molecule has 0 atom stereocenters. The highest BCUT2D eigenvalue weighted by Crippen LogP contribution is 2.35. The molecule has 1 fully saturated rings. The van der Waals surface area contributed by atoms with Gasteiger partial charge in [0, 0.05) is 30.4 Å². The van der Waals surface area contributed by atoms with E-state index in [1.807, 2.05) is 35.3 Å². The normalized spacial score (nSPS) is 15.7. The minimum atomic E-state index is -4.38. The highest BCUT2D eigenvalue weighted by molar-refractivity contribution is 5.97. The fraction of sp³-hybridized carbons (Fsp3) is 0.292. The van der Waals surface area contributed by atoms with Gasteiger partial charge in [-0.25, -0.2) is 5.01 Å². The van der Waals surface area contributed by atoms with Crippen LogP contribution in [0.3, 0.4) is 0 Å².